The Morgan fingerprint density at radius 1 is 1.38 bits per heavy atom. The zero-order chi connectivity index (χ0) is 15.2. The third-order valence-electron chi connectivity index (χ3n) is 2.83. The molecule has 0 atom stereocenters. The van der Waals surface area contributed by atoms with E-state index in [1.165, 1.54) is 12.7 Å². The van der Waals surface area contributed by atoms with E-state index in [2.05, 4.69) is 25.3 Å². The van der Waals surface area contributed by atoms with E-state index < -0.39 is 5.97 Å². The number of hydrogen-bond donors (Lipinski definition) is 3. The van der Waals surface area contributed by atoms with Gasteiger partial charge in [0.1, 0.15) is 11.8 Å². The minimum atomic E-state index is -0.871. The molecule has 0 unspecified atom stereocenters. The number of aromatic amines is 1. The number of imidazole rings is 1. The van der Waals surface area contributed by atoms with Crippen LogP contribution in [0.4, 0.5) is 5.82 Å². The van der Waals surface area contributed by atoms with Crippen LogP contribution in [0.2, 0.25) is 0 Å². The Labute approximate surface area is 120 Å². The lowest BCUT2D eigenvalue weighted by molar-refractivity contribution is -0.137. The van der Waals surface area contributed by atoms with Crippen LogP contribution in [0.15, 0.2) is 12.7 Å². The molecule has 0 aliphatic rings. The SMILES string of the molecule is CN(CC(=O)NCCCC(=O)O)c1ncnc2nc[nH]c12. The highest BCUT2D eigenvalue weighted by Crippen LogP contribution is 2.17. The Morgan fingerprint density at radius 3 is 2.95 bits per heavy atom. The number of carboxylic acid groups (broad SMARTS) is 1. The number of amides is 1. The van der Waals surface area contributed by atoms with Crippen molar-refractivity contribution in [1.82, 2.24) is 25.3 Å². The first-order chi connectivity index (χ1) is 10.1. The van der Waals surface area contributed by atoms with Gasteiger partial charge < -0.3 is 20.3 Å². The number of carboxylic acids is 1. The second kappa shape index (κ2) is 6.64. The van der Waals surface area contributed by atoms with E-state index in [4.69, 9.17) is 5.11 Å². The van der Waals surface area contributed by atoms with Gasteiger partial charge >= 0.3 is 5.97 Å². The predicted octanol–water partition coefficient (Wildman–Crippen LogP) is -0.230. The number of hydrogen-bond acceptors (Lipinski definition) is 6. The molecule has 0 saturated heterocycles. The number of nitrogens with one attached hydrogen (secondary N) is 2. The first kappa shape index (κ1) is 14.7. The van der Waals surface area contributed by atoms with Crippen LogP contribution in [0.1, 0.15) is 12.8 Å². The summed E-state index contributed by atoms with van der Waals surface area (Å²) in [5, 5.41) is 11.2. The second-order valence-electron chi connectivity index (χ2n) is 4.50. The lowest BCUT2D eigenvalue weighted by Crippen LogP contribution is -2.36. The summed E-state index contributed by atoms with van der Waals surface area (Å²) < 4.78 is 0. The number of aromatic nitrogens is 4. The molecule has 0 aliphatic carbocycles. The summed E-state index contributed by atoms with van der Waals surface area (Å²) in [5.74, 6) is -0.489. The molecule has 21 heavy (non-hydrogen) atoms. The molecule has 3 N–H and O–H groups in total. The molecule has 9 heteroatoms. The molecule has 1 amide bonds. The topological polar surface area (TPSA) is 124 Å². The molecule has 2 aromatic heterocycles. The molecule has 2 heterocycles. The average Bonchev–Trinajstić information content (AvgIpc) is 2.91. The third-order valence-corrected chi connectivity index (χ3v) is 2.83. The van der Waals surface area contributed by atoms with Crippen LogP contribution in [-0.2, 0) is 9.59 Å². The van der Waals surface area contributed by atoms with Crippen molar-refractivity contribution in [1.29, 1.82) is 0 Å². The Balaban J connectivity index is 1.89. The van der Waals surface area contributed by atoms with Gasteiger partial charge in [0.15, 0.2) is 11.5 Å². The van der Waals surface area contributed by atoms with Gasteiger partial charge in [0.25, 0.3) is 0 Å². The van der Waals surface area contributed by atoms with Gasteiger partial charge in [-0.1, -0.05) is 0 Å². The summed E-state index contributed by atoms with van der Waals surface area (Å²) in [6.07, 6.45) is 3.35. The van der Waals surface area contributed by atoms with Crippen LogP contribution in [0.3, 0.4) is 0 Å². The standard InChI is InChI=1S/C12H16N6O3/c1-18(5-8(19)13-4-2-3-9(20)21)12-10-11(15-6-14-10)16-7-17-12/h6-7H,2-5H2,1H3,(H,13,19)(H,20,21)(H,14,15,16,17). The summed E-state index contributed by atoms with van der Waals surface area (Å²) in [7, 11) is 1.74. The first-order valence-electron chi connectivity index (χ1n) is 6.41. The van der Waals surface area contributed by atoms with Crippen molar-refractivity contribution in [2.75, 3.05) is 25.0 Å². The molecule has 0 aliphatic heterocycles. The van der Waals surface area contributed by atoms with Crippen molar-refractivity contribution in [3.05, 3.63) is 12.7 Å². The molecule has 0 saturated carbocycles. The molecule has 2 aromatic rings. The monoisotopic (exact) mass is 292 g/mol. The highest BCUT2D eigenvalue weighted by atomic mass is 16.4. The Kier molecular flexibility index (Phi) is 4.64. The molecule has 112 valence electrons. The van der Waals surface area contributed by atoms with Gasteiger partial charge in [-0.25, -0.2) is 15.0 Å². The number of rotatable bonds is 7. The van der Waals surface area contributed by atoms with Gasteiger partial charge in [-0.3, -0.25) is 9.59 Å². The van der Waals surface area contributed by atoms with Crippen molar-refractivity contribution in [2.45, 2.75) is 12.8 Å². The van der Waals surface area contributed by atoms with E-state index >= 15 is 0 Å². The van der Waals surface area contributed by atoms with E-state index in [9.17, 15) is 9.59 Å². The van der Waals surface area contributed by atoms with Gasteiger partial charge in [0, 0.05) is 20.0 Å². The van der Waals surface area contributed by atoms with E-state index in [0.29, 0.717) is 29.9 Å². The summed E-state index contributed by atoms with van der Waals surface area (Å²) in [5.41, 5.74) is 1.20. The highest BCUT2D eigenvalue weighted by Gasteiger charge is 2.13. The quantitative estimate of drug-likeness (QED) is 0.602. The van der Waals surface area contributed by atoms with E-state index in [1.54, 1.807) is 11.9 Å². The van der Waals surface area contributed by atoms with Crippen molar-refractivity contribution in [2.24, 2.45) is 0 Å². The molecule has 0 aromatic carbocycles. The Bertz CT molecular complexity index is 641. The lowest BCUT2D eigenvalue weighted by Gasteiger charge is -2.17. The lowest BCUT2D eigenvalue weighted by atomic mass is 10.3. The van der Waals surface area contributed by atoms with Gasteiger partial charge in [-0.05, 0) is 6.42 Å². The number of carbonyl (C=O) groups is 2. The number of anilines is 1. The van der Waals surface area contributed by atoms with E-state index in [0.717, 1.165) is 0 Å². The summed E-state index contributed by atoms with van der Waals surface area (Å²) in [6, 6.07) is 0. The van der Waals surface area contributed by atoms with Gasteiger partial charge in [-0.2, -0.15) is 0 Å². The van der Waals surface area contributed by atoms with E-state index in [1.807, 2.05) is 0 Å². The van der Waals surface area contributed by atoms with Gasteiger partial charge in [0.05, 0.1) is 12.9 Å². The van der Waals surface area contributed by atoms with Crippen molar-refractivity contribution in [3.8, 4) is 0 Å². The first-order valence-corrected chi connectivity index (χ1v) is 6.41. The molecule has 0 radical (unpaired) electrons. The van der Waals surface area contributed by atoms with Gasteiger partial charge in [-0.15, -0.1) is 0 Å². The molecule has 9 nitrogen and oxygen atoms in total. The number of fused-ring (bicyclic) bond motifs is 1. The van der Waals surface area contributed by atoms with Crippen LogP contribution < -0.4 is 10.2 Å². The van der Waals surface area contributed by atoms with Gasteiger partial charge in [0.2, 0.25) is 5.91 Å². The molecule has 0 bridgehead atoms. The third kappa shape index (κ3) is 3.88. The zero-order valence-corrected chi connectivity index (χ0v) is 11.5. The second-order valence-corrected chi connectivity index (χ2v) is 4.50. The number of H-pyrrole nitrogens is 1. The molecule has 2 rings (SSSR count). The van der Waals surface area contributed by atoms with Crippen molar-refractivity contribution < 1.29 is 14.7 Å². The van der Waals surface area contributed by atoms with Crippen LogP contribution >= 0.6 is 0 Å². The number of carbonyl (C=O) groups excluding carboxylic acids is 1. The summed E-state index contributed by atoms with van der Waals surface area (Å²) in [6.45, 7) is 0.445. The largest absolute Gasteiger partial charge is 0.481 e. The molecule has 0 spiro atoms. The summed E-state index contributed by atoms with van der Waals surface area (Å²) >= 11 is 0. The van der Waals surface area contributed by atoms with Crippen molar-refractivity contribution in [3.63, 3.8) is 0 Å². The minimum Gasteiger partial charge on any atom is -0.481 e. The summed E-state index contributed by atoms with van der Waals surface area (Å²) in [4.78, 5) is 38.9. The smallest absolute Gasteiger partial charge is 0.303 e. The van der Waals surface area contributed by atoms with Crippen molar-refractivity contribution >= 4 is 28.9 Å². The fourth-order valence-electron chi connectivity index (χ4n) is 1.86. The Morgan fingerprint density at radius 2 is 2.19 bits per heavy atom. The van der Waals surface area contributed by atoms with Crippen LogP contribution in [0, 0.1) is 0 Å². The van der Waals surface area contributed by atoms with Crippen LogP contribution in [-0.4, -0.2) is 57.1 Å². The zero-order valence-electron chi connectivity index (χ0n) is 11.5. The normalized spacial score (nSPS) is 10.5. The number of nitrogens with zero attached hydrogens (tertiary/aromatic N) is 4. The maximum Gasteiger partial charge on any atom is 0.303 e. The maximum absolute atomic E-state index is 11.8. The Hall–Kier alpha value is -2.71. The fraction of sp³-hybridized carbons (Fsp3) is 0.417. The fourth-order valence-corrected chi connectivity index (χ4v) is 1.86. The van der Waals surface area contributed by atoms with Crippen LogP contribution in [0.5, 0.6) is 0 Å². The molecule has 0 fully saturated rings. The maximum atomic E-state index is 11.8. The number of aliphatic carboxylic acids is 1. The predicted molar refractivity (Wildman–Crippen MR) is 74.8 cm³/mol. The molecular formula is C12H16N6O3. The van der Waals surface area contributed by atoms with E-state index in [-0.39, 0.29) is 18.9 Å². The van der Waals surface area contributed by atoms with Crippen LogP contribution in [0.25, 0.3) is 11.2 Å². The highest BCUT2D eigenvalue weighted by molar-refractivity contribution is 5.86. The average molecular weight is 292 g/mol. The molecular weight excluding hydrogens is 276 g/mol. The minimum absolute atomic E-state index is 0.0385. The number of likely N-dealkylation sites (N-methyl/N-ethyl adjacent to an activating group) is 1.